The number of allylic oxidation sites excluding steroid dienone is 2. The zero-order chi connectivity index (χ0) is 18.8. The lowest BCUT2D eigenvalue weighted by atomic mass is 9.89. The first-order valence-electron chi connectivity index (χ1n) is 8.27. The molecule has 3 N–H and O–H groups in total. The Morgan fingerprint density at radius 3 is 2.40 bits per heavy atom. The van der Waals surface area contributed by atoms with Crippen LogP contribution in [0.5, 0.6) is 5.75 Å². The number of carbonyl (C=O) groups excluding carboxylic acids is 1. The van der Waals surface area contributed by atoms with Crippen molar-refractivity contribution in [3.8, 4) is 5.75 Å². The summed E-state index contributed by atoms with van der Waals surface area (Å²) in [5.74, 6) is -1.87. The predicted molar refractivity (Wildman–Crippen MR) is 92.6 cm³/mol. The number of para-hydroxylation sites is 1. The fraction of sp³-hybridized carbons (Fsp3) is 0.421. The standard InChI is InChI=1S/C12H18O3.C7H6O3/c1-2-3-4-5-10-9(8-12(14)15)6-7-11(10)13;8-6-4-2-1-3-5(6)7(9)10/h3-4,9-10H,2,5-8H2,1H3,(H,14,15);1-4,8H,(H,9,10)/b4-3-;. The van der Waals surface area contributed by atoms with Crippen LogP contribution in [0.1, 0.15) is 49.4 Å². The molecular weight excluding hydrogens is 324 g/mol. The van der Waals surface area contributed by atoms with Crippen LogP contribution in [0.2, 0.25) is 0 Å². The maximum Gasteiger partial charge on any atom is 0.339 e. The van der Waals surface area contributed by atoms with Crippen molar-refractivity contribution in [2.75, 3.05) is 0 Å². The Balaban J connectivity index is 0.000000271. The van der Waals surface area contributed by atoms with Gasteiger partial charge in [0.1, 0.15) is 17.1 Å². The van der Waals surface area contributed by atoms with Crippen molar-refractivity contribution < 1.29 is 29.7 Å². The highest BCUT2D eigenvalue weighted by atomic mass is 16.4. The molecule has 0 aliphatic heterocycles. The van der Waals surface area contributed by atoms with E-state index >= 15 is 0 Å². The number of phenols is 1. The molecule has 0 bridgehead atoms. The third kappa shape index (κ3) is 6.79. The Kier molecular flexibility index (Phi) is 8.39. The highest BCUT2D eigenvalue weighted by Crippen LogP contribution is 2.33. The largest absolute Gasteiger partial charge is 0.507 e. The Morgan fingerprint density at radius 2 is 1.88 bits per heavy atom. The summed E-state index contributed by atoms with van der Waals surface area (Å²) < 4.78 is 0. The second-order valence-electron chi connectivity index (χ2n) is 5.91. The molecule has 2 unspecified atom stereocenters. The molecule has 0 heterocycles. The fourth-order valence-corrected chi connectivity index (χ4v) is 2.83. The quantitative estimate of drug-likeness (QED) is 0.678. The van der Waals surface area contributed by atoms with Gasteiger partial charge < -0.3 is 15.3 Å². The van der Waals surface area contributed by atoms with E-state index in [-0.39, 0.29) is 35.4 Å². The van der Waals surface area contributed by atoms with Crippen molar-refractivity contribution in [2.45, 2.75) is 39.0 Å². The molecule has 1 aromatic carbocycles. The summed E-state index contributed by atoms with van der Waals surface area (Å²) in [4.78, 5) is 32.4. The monoisotopic (exact) mass is 348 g/mol. The Morgan fingerprint density at radius 1 is 1.20 bits per heavy atom. The summed E-state index contributed by atoms with van der Waals surface area (Å²) in [7, 11) is 0. The number of benzene rings is 1. The van der Waals surface area contributed by atoms with Crippen LogP contribution in [0, 0.1) is 11.8 Å². The van der Waals surface area contributed by atoms with E-state index in [1.807, 2.05) is 19.1 Å². The smallest absolute Gasteiger partial charge is 0.339 e. The molecule has 6 nitrogen and oxygen atoms in total. The summed E-state index contributed by atoms with van der Waals surface area (Å²) in [6.45, 7) is 2.04. The molecule has 1 aliphatic rings. The highest BCUT2D eigenvalue weighted by molar-refractivity contribution is 5.90. The Labute approximate surface area is 146 Å². The number of hydrogen-bond donors (Lipinski definition) is 3. The van der Waals surface area contributed by atoms with Crippen LogP contribution in [-0.2, 0) is 9.59 Å². The molecule has 136 valence electrons. The minimum atomic E-state index is -1.11. The van der Waals surface area contributed by atoms with Crippen LogP contribution in [0.25, 0.3) is 0 Å². The first kappa shape index (κ1) is 20.4. The van der Waals surface area contributed by atoms with Crippen molar-refractivity contribution in [1.82, 2.24) is 0 Å². The first-order chi connectivity index (χ1) is 11.9. The van der Waals surface area contributed by atoms with Gasteiger partial charge in [-0.15, -0.1) is 0 Å². The van der Waals surface area contributed by atoms with Gasteiger partial charge >= 0.3 is 11.9 Å². The Bertz CT molecular complexity index is 635. The van der Waals surface area contributed by atoms with E-state index in [0.29, 0.717) is 12.8 Å². The van der Waals surface area contributed by atoms with Gasteiger partial charge in [-0.2, -0.15) is 0 Å². The van der Waals surface area contributed by atoms with Gasteiger partial charge in [-0.25, -0.2) is 4.79 Å². The zero-order valence-corrected chi connectivity index (χ0v) is 14.2. The van der Waals surface area contributed by atoms with E-state index in [0.717, 1.165) is 12.8 Å². The second kappa shape index (κ2) is 10.3. The number of carboxylic acid groups (broad SMARTS) is 2. The zero-order valence-electron chi connectivity index (χ0n) is 14.2. The van der Waals surface area contributed by atoms with E-state index in [1.165, 1.54) is 12.1 Å². The molecule has 1 fully saturated rings. The van der Waals surface area contributed by atoms with E-state index in [9.17, 15) is 14.4 Å². The third-order valence-corrected chi connectivity index (χ3v) is 4.11. The van der Waals surface area contributed by atoms with Gasteiger partial charge in [0, 0.05) is 18.8 Å². The lowest BCUT2D eigenvalue weighted by Gasteiger charge is -2.14. The molecule has 6 heteroatoms. The SMILES string of the molecule is CC/C=C\CC1C(=O)CCC1CC(=O)O.O=C(O)c1ccccc1O. The normalized spacial score (nSPS) is 19.5. The van der Waals surface area contributed by atoms with E-state index in [4.69, 9.17) is 15.3 Å². The summed E-state index contributed by atoms with van der Waals surface area (Å²) in [5.41, 5.74) is -0.0671. The third-order valence-electron chi connectivity index (χ3n) is 4.11. The van der Waals surface area contributed by atoms with Crippen molar-refractivity contribution in [1.29, 1.82) is 0 Å². The second-order valence-corrected chi connectivity index (χ2v) is 5.91. The number of Topliss-reactive ketones (excluding diaryl/α,β-unsaturated/α-hetero) is 1. The van der Waals surface area contributed by atoms with Gasteiger partial charge in [0.15, 0.2) is 0 Å². The van der Waals surface area contributed by atoms with Crippen LogP contribution < -0.4 is 0 Å². The van der Waals surface area contributed by atoms with Gasteiger partial charge in [-0.3, -0.25) is 9.59 Å². The molecule has 1 aliphatic carbocycles. The van der Waals surface area contributed by atoms with Crippen LogP contribution in [-0.4, -0.2) is 33.0 Å². The average molecular weight is 348 g/mol. The van der Waals surface area contributed by atoms with Crippen LogP contribution >= 0.6 is 0 Å². The van der Waals surface area contributed by atoms with Crippen molar-refractivity contribution >= 4 is 17.7 Å². The van der Waals surface area contributed by atoms with Gasteiger partial charge in [-0.05, 0) is 37.3 Å². The van der Waals surface area contributed by atoms with Gasteiger partial charge in [0.05, 0.1) is 0 Å². The van der Waals surface area contributed by atoms with E-state index < -0.39 is 11.9 Å². The maximum absolute atomic E-state index is 11.5. The molecule has 1 saturated carbocycles. The number of aliphatic carboxylic acids is 1. The highest BCUT2D eigenvalue weighted by Gasteiger charge is 2.34. The lowest BCUT2D eigenvalue weighted by molar-refractivity contribution is -0.138. The molecule has 0 saturated heterocycles. The number of carbonyl (C=O) groups is 3. The number of aromatic carboxylic acids is 1. The summed E-state index contributed by atoms with van der Waals surface area (Å²) in [6.07, 6.45) is 7.15. The fourth-order valence-electron chi connectivity index (χ4n) is 2.83. The van der Waals surface area contributed by atoms with Crippen LogP contribution in [0.4, 0.5) is 0 Å². The molecule has 0 spiro atoms. The van der Waals surface area contributed by atoms with Crippen LogP contribution in [0.15, 0.2) is 36.4 Å². The molecular formula is C19H24O6. The van der Waals surface area contributed by atoms with E-state index in [1.54, 1.807) is 12.1 Å². The predicted octanol–water partition coefficient (Wildman–Crippen LogP) is 3.50. The topological polar surface area (TPSA) is 112 Å². The summed E-state index contributed by atoms with van der Waals surface area (Å²) in [6, 6.07) is 5.81. The Hall–Kier alpha value is -2.63. The summed E-state index contributed by atoms with van der Waals surface area (Å²) in [5, 5.41) is 26.0. The van der Waals surface area contributed by atoms with Gasteiger partial charge in [-0.1, -0.05) is 31.2 Å². The molecule has 1 aromatic rings. The lowest BCUT2D eigenvalue weighted by Crippen LogP contribution is -2.17. The van der Waals surface area contributed by atoms with E-state index in [2.05, 4.69) is 0 Å². The molecule has 2 atom stereocenters. The number of aromatic hydroxyl groups is 1. The van der Waals surface area contributed by atoms with Gasteiger partial charge in [0.2, 0.25) is 0 Å². The summed E-state index contributed by atoms with van der Waals surface area (Å²) >= 11 is 0. The van der Waals surface area contributed by atoms with Crippen molar-refractivity contribution in [3.63, 3.8) is 0 Å². The molecule has 0 aromatic heterocycles. The average Bonchev–Trinajstić information content (AvgIpc) is 2.88. The molecule has 0 radical (unpaired) electrons. The molecule has 0 amide bonds. The number of ketones is 1. The number of rotatable bonds is 6. The number of hydrogen-bond acceptors (Lipinski definition) is 4. The minimum absolute atomic E-state index is 0.0519. The van der Waals surface area contributed by atoms with Crippen molar-refractivity contribution in [3.05, 3.63) is 42.0 Å². The molecule has 2 rings (SSSR count). The van der Waals surface area contributed by atoms with Crippen molar-refractivity contribution in [2.24, 2.45) is 11.8 Å². The minimum Gasteiger partial charge on any atom is -0.507 e. The maximum atomic E-state index is 11.5. The number of carboxylic acids is 2. The van der Waals surface area contributed by atoms with Crippen LogP contribution in [0.3, 0.4) is 0 Å². The molecule has 25 heavy (non-hydrogen) atoms. The van der Waals surface area contributed by atoms with Gasteiger partial charge in [0.25, 0.3) is 0 Å². The first-order valence-corrected chi connectivity index (χ1v) is 8.27.